The maximum Gasteiger partial charge on any atom is 0.387 e. The molecule has 0 amide bonds. The van der Waals surface area contributed by atoms with Gasteiger partial charge in [-0.05, 0) is 43.5 Å². The Morgan fingerprint density at radius 2 is 2.22 bits per heavy atom. The predicted octanol–water partition coefficient (Wildman–Crippen LogP) is 2.76. The summed E-state index contributed by atoms with van der Waals surface area (Å²) in [7, 11) is 0. The Morgan fingerprint density at radius 1 is 1.39 bits per heavy atom. The first kappa shape index (κ1) is 13.1. The van der Waals surface area contributed by atoms with Crippen LogP contribution in [0.5, 0.6) is 11.5 Å². The van der Waals surface area contributed by atoms with Crippen LogP contribution in [0.1, 0.15) is 24.8 Å². The van der Waals surface area contributed by atoms with Crippen LogP contribution in [0.4, 0.5) is 8.78 Å². The van der Waals surface area contributed by atoms with Gasteiger partial charge in [0.2, 0.25) is 0 Å². The molecular weight excluding hydrogens is 240 g/mol. The Balaban J connectivity index is 2.21. The third-order valence-corrected chi connectivity index (χ3v) is 3.02. The van der Waals surface area contributed by atoms with Crippen LogP contribution in [-0.2, 0) is 0 Å². The summed E-state index contributed by atoms with van der Waals surface area (Å²) in [5.74, 6) is 0.911. The smallest absolute Gasteiger partial charge is 0.387 e. The fourth-order valence-corrected chi connectivity index (χ4v) is 2.18. The van der Waals surface area contributed by atoms with Crippen molar-refractivity contribution in [2.45, 2.75) is 25.9 Å². The molecule has 2 rings (SSSR count). The molecular formula is C13H17F2NO2. The minimum Gasteiger partial charge on any atom is -0.490 e. The maximum atomic E-state index is 12.3. The van der Waals surface area contributed by atoms with Crippen molar-refractivity contribution in [3.8, 4) is 11.5 Å². The second kappa shape index (κ2) is 6.00. The van der Waals surface area contributed by atoms with Gasteiger partial charge in [0.1, 0.15) is 0 Å². The molecule has 1 saturated heterocycles. The molecule has 1 fully saturated rings. The van der Waals surface area contributed by atoms with Gasteiger partial charge >= 0.3 is 6.61 Å². The molecule has 0 spiro atoms. The Kier molecular flexibility index (Phi) is 4.36. The lowest BCUT2D eigenvalue weighted by Gasteiger charge is -2.15. The summed E-state index contributed by atoms with van der Waals surface area (Å²) in [6.45, 7) is 1.31. The average molecular weight is 257 g/mol. The van der Waals surface area contributed by atoms with Crippen LogP contribution in [0.25, 0.3) is 0 Å². The first-order valence-corrected chi connectivity index (χ1v) is 6.13. The van der Waals surface area contributed by atoms with Crippen LogP contribution in [0.15, 0.2) is 18.2 Å². The molecule has 0 radical (unpaired) electrons. The zero-order valence-electron chi connectivity index (χ0n) is 10.3. The number of alkyl halides is 2. The van der Waals surface area contributed by atoms with E-state index in [0.717, 1.165) is 25.1 Å². The normalized spacial score (nSPS) is 19.2. The molecule has 1 N–H and O–H groups in total. The minimum absolute atomic E-state index is 0.0987. The Labute approximate surface area is 105 Å². The van der Waals surface area contributed by atoms with E-state index in [1.54, 1.807) is 12.1 Å². The summed E-state index contributed by atoms with van der Waals surface area (Å²) in [5, 5.41) is 3.28. The van der Waals surface area contributed by atoms with E-state index in [0.29, 0.717) is 18.3 Å². The van der Waals surface area contributed by atoms with Crippen molar-refractivity contribution in [3.63, 3.8) is 0 Å². The number of nitrogens with one attached hydrogen (secondary N) is 1. The van der Waals surface area contributed by atoms with Crippen molar-refractivity contribution in [2.24, 2.45) is 0 Å². The summed E-state index contributed by atoms with van der Waals surface area (Å²) in [5.41, 5.74) is 1.10. The lowest BCUT2D eigenvalue weighted by Crippen LogP contribution is -2.09. The van der Waals surface area contributed by atoms with Crippen molar-refractivity contribution in [1.29, 1.82) is 0 Å². The van der Waals surface area contributed by atoms with Gasteiger partial charge in [-0.3, -0.25) is 0 Å². The highest BCUT2D eigenvalue weighted by molar-refractivity contribution is 5.44. The molecule has 0 aliphatic carbocycles. The fourth-order valence-electron chi connectivity index (χ4n) is 2.18. The molecule has 100 valence electrons. The SMILES string of the molecule is CCOc1cc(C2CCNC2)ccc1OC(F)F. The first-order chi connectivity index (χ1) is 8.70. The van der Waals surface area contributed by atoms with Crippen molar-refractivity contribution < 1.29 is 18.3 Å². The average Bonchev–Trinajstić information content (AvgIpc) is 2.84. The van der Waals surface area contributed by atoms with E-state index < -0.39 is 6.61 Å². The van der Waals surface area contributed by atoms with E-state index in [1.165, 1.54) is 0 Å². The molecule has 1 aromatic carbocycles. The standard InChI is InChI=1S/C13H17F2NO2/c1-2-17-12-7-9(10-5-6-16-8-10)3-4-11(12)18-13(14)15/h3-4,7,10,13,16H,2,5-6,8H2,1H3. The summed E-state index contributed by atoms with van der Waals surface area (Å²) in [6.07, 6.45) is 1.06. The van der Waals surface area contributed by atoms with Gasteiger partial charge in [-0.1, -0.05) is 6.07 Å². The van der Waals surface area contributed by atoms with Gasteiger partial charge in [0.05, 0.1) is 6.61 Å². The highest BCUT2D eigenvalue weighted by atomic mass is 19.3. The number of ether oxygens (including phenoxy) is 2. The molecule has 18 heavy (non-hydrogen) atoms. The van der Waals surface area contributed by atoms with Crippen molar-refractivity contribution in [3.05, 3.63) is 23.8 Å². The van der Waals surface area contributed by atoms with Crippen molar-refractivity contribution in [1.82, 2.24) is 5.32 Å². The van der Waals surface area contributed by atoms with Crippen LogP contribution >= 0.6 is 0 Å². The number of hydrogen-bond acceptors (Lipinski definition) is 3. The Hall–Kier alpha value is -1.36. The second-order valence-electron chi connectivity index (χ2n) is 4.21. The molecule has 0 bridgehead atoms. The highest BCUT2D eigenvalue weighted by Crippen LogP contribution is 2.33. The van der Waals surface area contributed by atoms with E-state index >= 15 is 0 Å². The van der Waals surface area contributed by atoms with Crippen LogP contribution < -0.4 is 14.8 Å². The van der Waals surface area contributed by atoms with E-state index in [1.807, 2.05) is 13.0 Å². The van der Waals surface area contributed by atoms with Gasteiger partial charge in [0.25, 0.3) is 0 Å². The molecule has 1 aliphatic heterocycles. The zero-order valence-corrected chi connectivity index (χ0v) is 10.3. The van der Waals surface area contributed by atoms with Crippen LogP contribution in [0.2, 0.25) is 0 Å². The van der Waals surface area contributed by atoms with Gasteiger partial charge in [-0.15, -0.1) is 0 Å². The van der Waals surface area contributed by atoms with Crippen LogP contribution in [0, 0.1) is 0 Å². The van der Waals surface area contributed by atoms with E-state index in [4.69, 9.17) is 4.74 Å². The zero-order chi connectivity index (χ0) is 13.0. The molecule has 1 unspecified atom stereocenters. The lowest BCUT2D eigenvalue weighted by molar-refractivity contribution is -0.0514. The molecule has 1 atom stereocenters. The molecule has 1 aromatic rings. The van der Waals surface area contributed by atoms with Gasteiger partial charge in [0.15, 0.2) is 11.5 Å². The monoisotopic (exact) mass is 257 g/mol. The van der Waals surface area contributed by atoms with Gasteiger partial charge in [-0.2, -0.15) is 8.78 Å². The predicted molar refractivity (Wildman–Crippen MR) is 64.5 cm³/mol. The van der Waals surface area contributed by atoms with Crippen molar-refractivity contribution >= 4 is 0 Å². The van der Waals surface area contributed by atoms with Crippen LogP contribution in [0.3, 0.4) is 0 Å². The third kappa shape index (κ3) is 3.10. The number of halogens is 2. The number of benzene rings is 1. The number of hydrogen-bond donors (Lipinski definition) is 1. The summed E-state index contributed by atoms with van der Waals surface area (Å²) >= 11 is 0. The van der Waals surface area contributed by atoms with Crippen molar-refractivity contribution in [2.75, 3.05) is 19.7 Å². The van der Waals surface area contributed by atoms with E-state index in [9.17, 15) is 8.78 Å². The number of rotatable bonds is 5. The summed E-state index contributed by atoms with van der Waals surface area (Å²) in [4.78, 5) is 0. The molecule has 3 nitrogen and oxygen atoms in total. The third-order valence-electron chi connectivity index (χ3n) is 3.02. The topological polar surface area (TPSA) is 30.5 Å². The molecule has 5 heteroatoms. The van der Waals surface area contributed by atoms with E-state index in [-0.39, 0.29) is 5.75 Å². The van der Waals surface area contributed by atoms with Crippen LogP contribution in [-0.4, -0.2) is 26.3 Å². The summed E-state index contributed by atoms with van der Waals surface area (Å²) in [6, 6.07) is 5.20. The van der Waals surface area contributed by atoms with Gasteiger partial charge in [-0.25, -0.2) is 0 Å². The lowest BCUT2D eigenvalue weighted by atomic mass is 9.98. The summed E-state index contributed by atoms with van der Waals surface area (Å²) < 4.78 is 34.3. The first-order valence-electron chi connectivity index (χ1n) is 6.13. The second-order valence-corrected chi connectivity index (χ2v) is 4.21. The van der Waals surface area contributed by atoms with Gasteiger partial charge in [0, 0.05) is 6.54 Å². The Bertz CT molecular complexity index is 393. The van der Waals surface area contributed by atoms with Gasteiger partial charge < -0.3 is 14.8 Å². The maximum absolute atomic E-state index is 12.3. The largest absolute Gasteiger partial charge is 0.490 e. The molecule has 1 heterocycles. The van der Waals surface area contributed by atoms with E-state index in [2.05, 4.69) is 10.1 Å². The molecule has 0 saturated carbocycles. The highest BCUT2D eigenvalue weighted by Gasteiger charge is 2.19. The quantitative estimate of drug-likeness (QED) is 0.879. The molecule has 1 aliphatic rings. The molecule has 0 aromatic heterocycles. The minimum atomic E-state index is -2.83. The Morgan fingerprint density at radius 3 is 2.83 bits per heavy atom. The fraction of sp³-hybridized carbons (Fsp3) is 0.538.